The molecule has 0 fully saturated rings. The van der Waals surface area contributed by atoms with Crippen LogP contribution in [0.15, 0.2) is 79.4 Å². The van der Waals surface area contributed by atoms with E-state index >= 15 is 0 Å². The van der Waals surface area contributed by atoms with Crippen molar-refractivity contribution in [3.8, 4) is 11.5 Å². The van der Waals surface area contributed by atoms with E-state index in [1.165, 1.54) is 25.7 Å². The molecule has 0 amide bonds. The molecule has 1 heterocycles. The van der Waals surface area contributed by atoms with Crippen LogP contribution in [0, 0.1) is 0 Å². The van der Waals surface area contributed by atoms with Crippen molar-refractivity contribution in [3.05, 3.63) is 96.1 Å². The number of para-hydroxylation sites is 1. The number of unbranched alkanes of at least 4 members (excludes halogenated alkanes) is 6. The highest BCUT2D eigenvalue weighted by Gasteiger charge is 2.47. The lowest BCUT2D eigenvalue weighted by atomic mass is 9.78. The van der Waals surface area contributed by atoms with E-state index in [1.807, 2.05) is 18.2 Å². The van der Waals surface area contributed by atoms with E-state index in [2.05, 4.69) is 99.2 Å². The molecule has 0 N–H and O–H groups in total. The maximum atomic E-state index is 7.18. The van der Waals surface area contributed by atoms with Crippen molar-refractivity contribution < 1.29 is 14.2 Å². The molecule has 0 aromatic heterocycles. The Morgan fingerprint density at radius 1 is 0.800 bits per heavy atom. The van der Waals surface area contributed by atoms with Gasteiger partial charge in [0.1, 0.15) is 0 Å². The van der Waals surface area contributed by atoms with Gasteiger partial charge < -0.3 is 24.0 Å². The van der Waals surface area contributed by atoms with E-state index < -0.39 is 11.9 Å². The molecule has 3 aromatic carbocycles. The molecule has 0 radical (unpaired) electrons. The summed E-state index contributed by atoms with van der Waals surface area (Å²) in [7, 11) is 9.98. The zero-order valence-corrected chi connectivity index (χ0v) is 25.0. The van der Waals surface area contributed by atoms with E-state index in [4.69, 9.17) is 14.2 Å². The van der Waals surface area contributed by atoms with E-state index in [-0.39, 0.29) is 0 Å². The summed E-state index contributed by atoms with van der Waals surface area (Å²) in [5, 5.41) is 0. The van der Waals surface area contributed by atoms with Crippen LogP contribution in [-0.4, -0.2) is 41.6 Å². The quantitative estimate of drug-likeness (QED) is 0.152. The monoisotopic (exact) mass is 542 g/mol. The minimum atomic E-state index is -0.866. The Bertz CT molecular complexity index is 1200. The summed E-state index contributed by atoms with van der Waals surface area (Å²) < 4.78 is 19.6. The molecule has 1 aliphatic rings. The van der Waals surface area contributed by atoms with Gasteiger partial charge in [0, 0.05) is 51.5 Å². The topological polar surface area (TPSA) is 34.2 Å². The fourth-order valence-corrected chi connectivity index (χ4v) is 5.54. The molecule has 40 heavy (non-hydrogen) atoms. The van der Waals surface area contributed by atoms with E-state index in [0.29, 0.717) is 0 Å². The van der Waals surface area contributed by atoms with Gasteiger partial charge in [-0.05, 0) is 60.7 Å². The summed E-state index contributed by atoms with van der Waals surface area (Å²) in [6.45, 7) is 3.83. The molecule has 0 saturated carbocycles. The summed E-state index contributed by atoms with van der Waals surface area (Å²) in [6.07, 6.45) is 10.7. The molecule has 0 spiro atoms. The third kappa shape index (κ3) is 6.47. The van der Waals surface area contributed by atoms with Crippen LogP contribution in [0.4, 0.5) is 11.4 Å². The lowest BCUT2D eigenvalue weighted by Gasteiger charge is -2.44. The largest absolute Gasteiger partial charge is 0.493 e. The molecule has 0 saturated heterocycles. The van der Waals surface area contributed by atoms with E-state index in [1.54, 1.807) is 7.11 Å². The van der Waals surface area contributed by atoms with Crippen LogP contribution in [0.25, 0.3) is 0 Å². The first kappa shape index (κ1) is 29.5. The first-order valence-corrected chi connectivity index (χ1v) is 14.6. The minimum absolute atomic E-state index is 0.407. The van der Waals surface area contributed by atoms with Crippen LogP contribution in [0.2, 0.25) is 0 Å². The first-order valence-electron chi connectivity index (χ1n) is 14.6. The molecule has 5 heteroatoms. The molecule has 1 unspecified atom stereocenters. The highest BCUT2D eigenvalue weighted by molar-refractivity contribution is 5.63. The van der Waals surface area contributed by atoms with Crippen LogP contribution >= 0.6 is 0 Å². The number of ether oxygens (including phenoxy) is 3. The number of allylic oxidation sites excluding steroid dienone is 1. The Balaban J connectivity index is 1.76. The number of hydrogen-bond acceptors (Lipinski definition) is 5. The molecule has 1 atom stereocenters. The van der Waals surface area contributed by atoms with Crippen LogP contribution in [0.5, 0.6) is 11.5 Å². The predicted octanol–water partition coefficient (Wildman–Crippen LogP) is 8.16. The fourth-order valence-electron chi connectivity index (χ4n) is 5.54. The second-order valence-corrected chi connectivity index (χ2v) is 11.1. The predicted molar refractivity (Wildman–Crippen MR) is 167 cm³/mol. The second-order valence-electron chi connectivity index (χ2n) is 11.1. The average Bonchev–Trinajstić information content (AvgIpc) is 2.97. The Labute approximate surface area is 241 Å². The lowest BCUT2D eigenvalue weighted by molar-refractivity contribution is -0.167. The number of benzene rings is 3. The summed E-state index contributed by atoms with van der Waals surface area (Å²) >= 11 is 0. The van der Waals surface area contributed by atoms with Crippen molar-refractivity contribution in [3.63, 3.8) is 0 Å². The summed E-state index contributed by atoms with van der Waals surface area (Å²) in [4.78, 5) is 4.26. The van der Waals surface area contributed by atoms with E-state index in [9.17, 15) is 0 Å². The molecule has 5 nitrogen and oxygen atoms in total. The SMILES string of the molecule is C=CCCCCCCCCC1Oc2c(OC)cccc2C(c2cccc(N(C)C)c2)(c2cccc(N(C)C)c2)O1. The molecular formula is C35H46N2O3. The van der Waals surface area contributed by atoms with Crippen molar-refractivity contribution in [2.45, 2.75) is 63.3 Å². The number of fused-ring (bicyclic) bond motifs is 1. The number of anilines is 2. The third-order valence-electron chi connectivity index (χ3n) is 7.77. The van der Waals surface area contributed by atoms with Gasteiger partial charge in [0.05, 0.1) is 7.11 Å². The van der Waals surface area contributed by atoms with Crippen molar-refractivity contribution >= 4 is 11.4 Å². The van der Waals surface area contributed by atoms with Crippen LogP contribution < -0.4 is 19.3 Å². The number of hydrogen-bond donors (Lipinski definition) is 0. The Morgan fingerprint density at radius 3 is 1.95 bits per heavy atom. The maximum absolute atomic E-state index is 7.18. The molecule has 1 aliphatic heterocycles. The van der Waals surface area contributed by atoms with Gasteiger partial charge in [-0.3, -0.25) is 0 Å². The van der Waals surface area contributed by atoms with Crippen molar-refractivity contribution in [1.82, 2.24) is 0 Å². The zero-order valence-electron chi connectivity index (χ0n) is 25.0. The molecule has 214 valence electrons. The van der Waals surface area contributed by atoms with Gasteiger partial charge in [0.2, 0.25) is 6.29 Å². The smallest absolute Gasteiger partial charge is 0.201 e. The van der Waals surface area contributed by atoms with Gasteiger partial charge >= 0.3 is 0 Å². The van der Waals surface area contributed by atoms with Gasteiger partial charge in [-0.2, -0.15) is 0 Å². The van der Waals surface area contributed by atoms with Gasteiger partial charge in [-0.1, -0.05) is 68.2 Å². The van der Waals surface area contributed by atoms with Crippen molar-refractivity contribution in [2.24, 2.45) is 0 Å². The Kier molecular flexibility index (Phi) is 10.2. The number of methoxy groups -OCH3 is 1. The zero-order chi connectivity index (χ0) is 28.5. The second kappa shape index (κ2) is 13.8. The van der Waals surface area contributed by atoms with Gasteiger partial charge in [0.25, 0.3) is 0 Å². The Morgan fingerprint density at radius 2 is 1.38 bits per heavy atom. The fraction of sp³-hybridized carbons (Fsp3) is 0.429. The third-order valence-corrected chi connectivity index (χ3v) is 7.77. The average molecular weight is 543 g/mol. The maximum Gasteiger partial charge on any atom is 0.201 e. The highest BCUT2D eigenvalue weighted by atomic mass is 16.7. The van der Waals surface area contributed by atoms with Crippen molar-refractivity contribution in [2.75, 3.05) is 45.1 Å². The summed E-state index contributed by atoms with van der Waals surface area (Å²) in [5.41, 5.74) is 4.47. The summed E-state index contributed by atoms with van der Waals surface area (Å²) in [5.74, 6) is 1.49. The molecular weight excluding hydrogens is 496 g/mol. The Hall–Kier alpha value is -3.44. The van der Waals surface area contributed by atoms with Gasteiger partial charge in [-0.25, -0.2) is 0 Å². The van der Waals surface area contributed by atoms with Crippen LogP contribution in [0.1, 0.15) is 68.1 Å². The normalized spacial score (nSPS) is 15.6. The van der Waals surface area contributed by atoms with Gasteiger partial charge in [0.15, 0.2) is 17.1 Å². The van der Waals surface area contributed by atoms with Crippen molar-refractivity contribution in [1.29, 1.82) is 0 Å². The first-order chi connectivity index (χ1) is 19.4. The lowest BCUT2D eigenvalue weighted by Crippen LogP contribution is -2.43. The highest BCUT2D eigenvalue weighted by Crippen LogP contribution is 2.52. The van der Waals surface area contributed by atoms with Crippen LogP contribution in [0.3, 0.4) is 0 Å². The molecule has 4 rings (SSSR count). The summed E-state index contributed by atoms with van der Waals surface area (Å²) in [6, 6.07) is 23.4. The minimum Gasteiger partial charge on any atom is -0.493 e. The van der Waals surface area contributed by atoms with Gasteiger partial charge in [-0.15, -0.1) is 6.58 Å². The van der Waals surface area contributed by atoms with Crippen LogP contribution in [-0.2, 0) is 10.3 Å². The standard InChI is InChI=1S/C35H46N2O3/c1-7-8-9-10-11-12-13-14-24-33-39-34-31(22-17-23-32(34)38-6)35(40-33,27-18-15-20-29(25-27)36(2)3)28-19-16-21-30(26-28)37(4)5/h7,15-23,25-26,33H,1,8-14,24H2,2-6H3. The molecule has 0 aliphatic carbocycles. The number of rotatable bonds is 14. The van der Waals surface area contributed by atoms with E-state index in [0.717, 1.165) is 65.2 Å². The molecule has 3 aromatic rings. The number of nitrogens with zero attached hydrogens (tertiary/aromatic N) is 2. The molecule has 0 bridgehead atoms.